The molecule has 0 aliphatic carbocycles. The van der Waals surface area contributed by atoms with Gasteiger partial charge >= 0.3 is 0 Å². The van der Waals surface area contributed by atoms with Crippen LogP contribution in [0.5, 0.6) is 0 Å². The van der Waals surface area contributed by atoms with E-state index in [1.165, 1.54) is 0 Å². The molecule has 0 unspecified atom stereocenters. The van der Waals surface area contributed by atoms with Gasteiger partial charge in [-0.2, -0.15) is 11.3 Å². The van der Waals surface area contributed by atoms with Crippen LogP contribution in [0, 0.1) is 0 Å². The molecule has 24 heavy (non-hydrogen) atoms. The van der Waals surface area contributed by atoms with E-state index in [4.69, 9.17) is 11.6 Å². The van der Waals surface area contributed by atoms with E-state index in [0.717, 1.165) is 16.7 Å². The van der Waals surface area contributed by atoms with Crippen LogP contribution >= 0.6 is 22.9 Å². The van der Waals surface area contributed by atoms with Crippen molar-refractivity contribution in [1.29, 1.82) is 0 Å². The van der Waals surface area contributed by atoms with Gasteiger partial charge in [-0.3, -0.25) is 0 Å². The van der Waals surface area contributed by atoms with Crippen LogP contribution in [0.3, 0.4) is 0 Å². The van der Waals surface area contributed by atoms with Crippen LogP contribution in [0.4, 0.5) is 0 Å². The number of hydrogen-bond donors (Lipinski definition) is 1. The van der Waals surface area contributed by atoms with Crippen molar-refractivity contribution in [3.05, 3.63) is 81.5 Å². The standard InChI is InChI=1S/C18H16ClNO2S2/c19-18-8-4-2-6-16(18)13-24(21,22)20-11-14-5-1-3-7-17(14)15-9-10-23-12-15/h1-10,12,20H,11,13H2. The van der Waals surface area contributed by atoms with Crippen molar-refractivity contribution < 1.29 is 8.42 Å². The molecule has 0 fully saturated rings. The third kappa shape index (κ3) is 4.24. The van der Waals surface area contributed by atoms with Crippen LogP contribution in [0.2, 0.25) is 5.02 Å². The maximum atomic E-state index is 12.4. The second-order valence-corrected chi connectivity index (χ2v) is 8.33. The Bertz CT molecular complexity index is 922. The molecule has 0 amide bonds. The van der Waals surface area contributed by atoms with Gasteiger partial charge in [0.25, 0.3) is 0 Å². The summed E-state index contributed by atoms with van der Waals surface area (Å²) in [6, 6.07) is 16.8. The maximum absolute atomic E-state index is 12.4. The van der Waals surface area contributed by atoms with Crippen molar-refractivity contribution in [2.75, 3.05) is 0 Å². The minimum atomic E-state index is -3.47. The van der Waals surface area contributed by atoms with Crippen molar-refractivity contribution in [1.82, 2.24) is 4.72 Å². The van der Waals surface area contributed by atoms with E-state index in [1.807, 2.05) is 35.7 Å². The van der Waals surface area contributed by atoms with Crippen LogP contribution < -0.4 is 4.72 Å². The van der Waals surface area contributed by atoms with Crippen LogP contribution in [-0.2, 0) is 22.3 Å². The van der Waals surface area contributed by atoms with Gasteiger partial charge < -0.3 is 0 Å². The van der Waals surface area contributed by atoms with Gasteiger partial charge in [0.2, 0.25) is 10.0 Å². The van der Waals surface area contributed by atoms with Crippen molar-refractivity contribution in [3.63, 3.8) is 0 Å². The zero-order valence-corrected chi connectivity index (χ0v) is 15.2. The molecule has 0 spiro atoms. The summed E-state index contributed by atoms with van der Waals surface area (Å²) in [6.07, 6.45) is 0. The molecule has 3 rings (SSSR count). The lowest BCUT2D eigenvalue weighted by Gasteiger charge is -2.11. The molecule has 0 aliphatic rings. The Balaban J connectivity index is 1.75. The average molecular weight is 378 g/mol. The quantitative estimate of drug-likeness (QED) is 0.677. The Kier molecular flexibility index (Phi) is 5.36. The Labute approximate surface area is 151 Å². The number of rotatable bonds is 6. The SMILES string of the molecule is O=S(=O)(Cc1ccccc1Cl)NCc1ccccc1-c1ccsc1. The summed E-state index contributed by atoms with van der Waals surface area (Å²) in [7, 11) is -3.47. The first-order valence-corrected chi connectivity index (χ1v) is 10.3. The summed E-state index contributed by atoms with van der Waals surface area (Å²) in [4.78, 5) is 0. The molecule has 0 atom stereocenters. The molecule has 1 N–H and O–H groups in total. The highest BCUT2D eigenvalue weighted by molar-refractivity contribution is 7.88. The molecule has 0 saturated heterocycles. The maximum Gasteiger partial charge on any atom is 0.216 e. The first-order chi connectivity index (χ1) is 11.6. The zero-order valence-electron chi connectivity index (χ0n) is 12.8. The molecule has 0 saturated carbocycles. The number of sulfonamides is 1. The van der Waals surface area contributed by atoms with E-state index >= 15 is 0 Å². The van der Waals surface area contributed by atoms with E-state index < -0.39 is 10.0 Å². The monoisotopic (exact) mass is 377 g/mol. The largest absolute Gasteiger partial charge is 0.216 e. The lowest BCUT2D eigenvalue weighted by Crippen LogP contribution is -2.25. The molecular formula is C18H16ClNO2S2. The highest BCUT2D eigenvalue weighted by Gasteiger charge is 2.14. The lowest BCUT2D eigenvalue weighted by atomic mass is 10.0. The fourth-order valence-corrected chi connectivity index (χ4v) is 4.51. The van der Waals surface area contributed by atoms with E-state index in [1.54, 1.807) is 35.6 Å². The van der Waals surface area contributed by atoms with Crippen LogP contribution in [0.25, 0.3) is 11.1 Å². The molecule has 3 aromatic rings. The normalized spacial score (nSPS) is 11.5. The number of nitrogens with one attached hydrogen (secondary N) is 1. The van der Waals surface area contributed by atoms with E-state index in [2.05, 4.69) is 10.1 Å². The first kappa shape index (κ1) is 17.2. The highest BCUT2D eigenvalue weighted by atomic mass is 35.5. The molecule has 3 nitrogen and oxygen atoms in total. The molecule has 2 aromatic carbocycles. The predicted octanol–water partition coefficient (Wildman–Crippen LogP) is 4.69. The molecule has 0 aliphatic heterocycles. The Hall–Kier alpha value is -1.66. The van der Waals surface area contributed by atoms with Gasteiger partial charge in [0.15, 0.2) is 0 Å². The van der Waals surface area contributed by atoms with Crippen LogP contribution in [0.15, 0.2) is 65.4 Å². The Morgan fingerprint density at radius 3 is 2.38 bits per heavy atom. The van der Waals surface area contributed by atoms with Crippen molar-refractivity contribution in [3.8, 4) is 11.1 Å². The van der Waals surface area contributed by atoms with Crippen LogP contribution in [-0.4, -0.2) is 8.42 Å². The average Bonchev–Trinajstić information content (AvgIpc) is 3.10. The smallest absolute Gasteiger partial charge is 0.212 e. The Morgan fingerprint density at radius 1 is 0.958 bits per heavy atom. The lowest BCUT2D eigenvalue weighted by molar-refractivity contribution is 0.580. The fourth-order valence-electron chi connectivity index (χ4n) is 2.43. The Morgan fingerprint density at radius 2 is 1.67 bits per heavy atom. The summed E-state index contributed by atoms with van der Waals surface area (Å²) < 4.78 is 27.4. The van der Waals surface area contributed by atoms with Crippen molar-refractivity contribution >= 4 is 33.0 Å². The van der Waals surface area contributed by atoms with Crippen molar-refractivity contribution in [2.24, 2.45) is 0 Å². The topological polar surface area (TPSA) is 46.2 Å². The third-order valence-corrected chi connectivity index (χ3v) is 5.96. The summed E-state index contributed by atoms with van der Waals surface area (Å²) in [6.45, 7) is 0.249. The van der Waals surface area contributed by atoms with Gasteiger partial charge in [-0.25, -0.2) is 13.1 Å². The fraction of sp³-hybridized carbons (Fsp3) is 0.111. The first-order valence-electron chi connectivity index (χ1n) is 7.36. The minimum Gasteiger partial charge on any atom is -0.212 e. The van der Waals surface area contributed by atoms with Crippen molar-refractivity contribution in [2.45, 2.75) is 12.3 Å². The minimum absolute atomic E-state index is 0.132. The molecular weight excluding hydrogens is 362 g/mol. The van der Waals surface area contributed by atoms with Crippen LogP contribution in [0.1, 0.15) is 11.1 Å². The molecule has 0 bridgehead atoms. The molecule has 1 heterocycles. The highest BCUT2D eigenvalue weighted by Crippen LogP contribution is 2.26. The van der Waals surface area contributed by atoms with E-state index in [0.29, 0.717) is 10.6 Å². The summed E-state index contributed by atoms with van der Waals surface area (Å²) >= 11 is 7.67. The third-order valence-electron chi connectivity index (χ3n) is 3.64. The van der Waals surface area contributed by atoms with Gasteiger partial charge in [0.1, 0.15) is 0 Å². The number of hydrogen-bond acceptors (Lipinski definition) is 3. The van der Waals surface area contributed by atoms with E-state index in [-0.39, 0.29) is 12.3 Å². The predicted molar refractivity (Wildman–Crippen MR) is 101 cm³/mol. The summed E-state index contributed by atoms with van der Waals surface area (Å²) in [5.41, 5.74) is 3.68. The van der Waals surface area contributed by atoms with Gasteiger partial charge in [0.05, 0.1) is 5.75 Å². The second kappa shape index (κ2) is 7.49. The summed E-state index contributed by atoms with van der Waals surface area (Å²) in [5.74, 6) is -0.132. The van der Waals surface area contributed by atoms with Gasteiger partial charge in [-0.15, -0.1) is 0 Å². The number of thiophene rings is 1. The van der Waals surface area contributed by atoms with Gasteiger partial charge in [-0.1, -0.05) is 54.1 Å². The van der Waals surface area contributed by atoms with Gasteiger partial charge in [-0.05, 0) is 45.1 Å². The number of halogens is 1. The van der Waals surface area contributed by atoms with E-state index in [9.17, 15) is 8.42 Å². The molecule has 0 radical (unpaired) electrons. The zero-order chi connectivity index (χ0) is 17.0. The summed E-state index contributed by atoms with van der Waals surface area (Å²) in [5, 5.41) is 4.52. The molecule has 124 valence electrons. The molecule has 6 heteroatoms. The van der Waals surface area contributed by atoms with Gasteiger partial charge in [0, 0.05) is 11.6 Å². The number of benzene rings is 2. The second-order valence-electron chi connectivity index (χ2n) is 5.34. The molecule has 1 aromatic heterocycles.